The molecule has 1 N–H and O–H groups in total. The zero-order chi connectivity index (χ0) is 13.9. The van der Waals surface area contributed by atoms with Gasteiger partial charge in [-0.2, -0.15) is 0 Å². The number of hydrogen-bond donors (Lipinski definition) is 1. The fourth-order valence-corrected chi connectivity index (χ4v) is 4.10. The molecule has 0 amide bonds. The molecule has 0 saturated heterocycles. The van der Waals surface area contributed by atoms with Crippen LogP contribution in [0, 0.1) is 13.8 Å². The van der Waals surface area contributed by atoms with Crippen molar-refractivity contribution in [2.45, 2.75) is 52.1 Å². The van der Waals surface area contributed by atoms with Crippen LogP contribution in [0.25, 0.3) is 0 Å². The Hall–Kier alpha value is -1.12. The second kappa shape index (κ2) is 6.11. The van der Waals surface area contributed by atoms with Crippen molar-refractivity contribution in [2.75, 3.05) is 0 Å². The van der Waals surface area contributed by atoms with Crippen LogP contribution in [0.2, 0.25) is 0 Å². The molecule has 1 aliphatic carbocycles. The lowest BCUT2D eigenvalue weighted by Gasteiger charge is -2.19. The van der Waals surface area contributed by atoms with Crippen molar-refractivity contribution in [1.82, 2.24) is 5.32 Å². The van der Waals surface area contributed by atoms with Crippen molar-refractivity contribution >= 4 is 11.3 Å². The van der Waals surface area contributed by atoms with E-state index in [2.05, 4.69) is 49.5 Å². The van der Waals surface area contributed by atoms with E-state index in [0.717, 1.165) is 6.54 Å². The molecule has 1 nitrogen and oxygen atoms in total. The highest BCUT2D eigenvalue weighted by molar-refractivity contribution is 7.12. The minimum atomic E-state index is 0.524. The summed E-state index contributed by atoms with van der Waals surface area (Å²) in [5.41, 5.74) is 4.49. The third-order valence-corrected chi connectivity index (χ3v) is 5.51. The van der Waals surface area contributed by atoms with Crippen LogP contribution < -0.4 is 5.32 Å². The predicted molar refractivity (Wildman–Crippen MR) is 87.4 cm³/mol. The molecule has 1 aromatic heterocycles. The average Bonchev–Trinajstić information content (AvgIpc) is 2.67. The maximum Gasteiger partial charge on any atom is 0.0326 e. The number of thiophene rings is 1. The van der Waals surface area contributed by atoms with Crippen molar-refractivity contribution in [1.29, 1.82) is 0 Å². The standard InChI is InChI=1S/C18H23NS/c1-13-11-16(20-14(13)2)12-19-18-10-6-4-8-15-7-3-5-9-17(15)18/h3,5,7,9,11,18-19H,4,6,8,10,12H2,1-2H3. The lowest BCUT2D eigenvalue weighted by Crippen LogP contribution is -2.20. The lowest BCUT2D eigenvalue weighted by molar-refractivity contribution is 0.491. The third-order valence-electron chi connectivity index (χ3n) is 4.36. The van der Waals surface area contributed by atoms with Gasteiger partial charge in [0, 0.05) is 22.3 Å². The highest BCUT2D eigenvalue weighted by Crippen LogP contribution is 2.29. The summed E-state index contributed by atoms with van der Waals surface area (Å²) in [5, 5.41) is 3.79. The summed E-state index contributed by atoms with van der Waals surface area (Å²) in [6.45, 7) is 5.42. The second-order valence-corrected chi connectivity index (χ2v) is 7.17. The smallest absolute Gasteiger partial charge is 0.0326 e. The van der Waals surface area contributed by atoms with Crippen LogP contribution in [-0.2, 0) is 13.0 Å². The van der Waals surface area contributed by atoms with Gasteiger partial charge in [-0.3, -0.25) is 0 Å². The third kappa shape index (κ3) is 2.97. The molecule has 1 heterocycles. The molecule has 0 radical (unpaired) electrons. The summed E-state index contributed by atoms with van der Waals surface area (Å²) < 4.78 is 0. The van der Waals surface area contributed by atoms with Gasteiger partial charge >= 0.3 is 0 Å². The monoisotopic (exact) mass is 285 g/mol. The fraction of sp³-hybridized carbons (Fsp3) is 0.444. The summed E-state index contributed by atoms with van der Waals surface area (Å²) in [7, 11) is 0. The molecule has 0 spiro atoms. The van der Waals surface area contributed by atoms with Crippen molar-refractivity contribution in [3.63, 3.8) is 0 Å². The van der Waals surface area contributed by atoms with E-state index in [1.54, 1.807) is 5.56 Å². The molecule has 2 heteroatoms. The van der Waals surface area contributed by atoms with Gasteiger partial charge < -0.3 is 5.32 Å². The first-order valence-electron chi connectivity index (χ1n) is 7.61. The van der Waals surface area contributed by atoms with E-state index >= 15 is 0 Å². The number of rotatable bonds is 3. The topological polar surface area (TPSA) is 12.0 Å². The van der Waals surface area contributed by atoms with Crippen LogP contribution in [0.4, 0.5) is 0 Å². The Morgan fingerprint density at radius 3 is 2.85 bits per heavy atom. The van der Waals surface area contributed by atoms with Crippen molar-refractivity contribution in [3.05, 3.63) is 56.8 Å². The molecule has 1 aromatic carbocycles. The zero-order valence-electron chi connectivity index (χ0n) is 12.4. The minimum absolute atomic E-state index is 0.524. The van der Waals surface area contributed by atoms with Gasteiger partial charge in [-0.05, 0) is 55.9 Å². The molecule has 0 bridgehead atoms. The van der Waals surface area contributed by atoms with Crippen molar-refractivity contribution in [2.24, 2.45) is 0 Å². The van der Waals surface area contributed by atoms with E-state index in [9.17, 15) is 0 Å². The number of nitrogens with one attached hydrogen (secondary N) is 1. The average molecular weight is 285 g/mol. The zero-order valence-corrected chi connectivity index (χ0v) is 13.2. The lowest BCUT2D eigenvalue weighted by atomic mass is 9.99. The Labute approximate surface area is 126 Å². The van der Waals surface area contributed by atoms with Crippen LogP contribution in [-0.4, -0.2) is 0 Å². The molecular formula is C18H23NS. The number of aryl methyl sites for hydroxylation is 3. The van der Waals surface area contributed by atoms with Crippen LogP contribution >= 0.6 is 11.3 Å². The molecule has 1 aliphatic rings. The van der Waals surface area contributed by atoms with E-state index in [1.807, 2.05) is 11.3 Å². The van der Waals surface area contributed by atoms with Gasteiger partial charge in [0.25, 0.3) is 0 Å². The van der Waals surface area contributed by atoms with Gasteiger partial charge in [0.05, 0.1) is 0 Å². The van der Waals surface area contributed by atoms with E-state index in [4.69, 9.17) is 0 Å². The van der Waals surface area contributed by atoms with E-state index in [1.165, 1.54) is 46.6 Å². The van der Waals surface area contributed by atoms with Crippen molar-refractivity contribution in [3.8, 4) is 0 Å². The Morgan fingerprint density at radius 1 is 1.20 bits per heavy atom. The summed E-state index contributed by atoms with van der Waals surface area (Å²) in [5.74, 6) is 0. The maximum absolute atomic E-state index is 3.79. The predicted octanol–water partition coefficient (Wildman–Crippen LogP) is 4.92. The molecule has 1 unspecified atom stereocenters. The molecule has 2 aromatic rings. The normalized spacial score (nSPS) is 18.6. The van der Waals surface area contributed by atoms with Gasteiger partial charge in [-0.25, -0.2) is 0 Å². The van der Waals surface area contributed by atoms with Crippen LogP contribution in [0.5, 0.6) is 0 Å². The fourth-order valence-electron chi connectivity index (χ4n) is 3.09. The first kappa shape index (κ1) is 13.8. The largest absolute Gasteiger partial charge is 0.305 e. The van der Waals surface area contributed by atoms with Gasteiger partial charge in [0.2, 0.25) is 0 Å². The number of benzene rings is 1. The summed E-state index contributed by atoms with van der Waals surface area (Å²) in [6, 6.07) is 11.8. The van der Waals surface area contributed by atoms with Crippen molar-refractivity contribution < 1.29 is 0 Å². The van der Waals surface area contributed by atoms with E-state index < -0.39 is 0 Å². The SMILES string of the molecule is Cc1cc(CNC2CCCCc3ccccc32)sc1C. The highest BCUT2D eigenvalue weighted by Gasteiger charge is 2.17. The van der Waals surface area contributed by atoms with Crippen LogP contribution in [0.3, 0.4) is 0 Å². The summed E-state index contributed by atoms with van der Waals surface area (Å²) in [4.78, 5) is 2.91. The molecule has 0 saturated carbocycles. The summed E-state index contributed by atoms with van der Waals surface area (Å²) >= 11 is 1.93. The Kier molecular flexibility index (Phi) is 4.23. The minimum Gasteiger partial charge on any atom is -0.305 e. The molecule has 0 fully saturated rings. The first-order chi connectivity index (χ1) is 9.74. The molecular weight excluding hydrogens is 262 g/mol. The number of hydrogen-bond acceptors (Lipinski definition) is 2. The second-order valence-electron chi connectivity index (χ2n) is 5.83. The quantitative estimate of drug-likeness (QED) is 0.789. The summed E-state index contributed by atoms with van der Waals surface area (Å²) in [6.07, 6.45) is 5.16. The van der Waals surface area contributed by atoms with E-state index in [-0.39, 0.29) is 0 Å². The number of fused-ring (bicyclic) bond motifs is 1. The molecule has 1 atom stereocenters. The Bertz CT molecular complexity index is 565. The van der Waals surface area contributed by atoms with Gasteiger partial charge in [0.15, 0.2) is 0 Å². The molecule has 3 rings (SSSR count). The van der Waals surface area contributed by atoms with Crippen LogP contribution in [0.1, 0.15) is 51.7 Å². The highest BCUT2D eigenvalue weighted by atomic mass is 32.1. The Balaban J connectivity index is 1.73. The Morgan fingerprint density at radius 2 is 2.05 bits per heavy atom. The van der Waals surface area contributed by atoms with E-state index in [0.29, 0.717) is 6.04 Å². The molecule has 20 heavy (non-hydrogen) atoms. The van der Waals surface area contributed by atoms with Gasteiger partial charge in [-0.1, -0.05) is 30.7 Å². The van der Waals surface area contributed by atoms with Gasteiger partial charge in [-0.15, -0.1) is 11.3 Å². The van der Waals surface area contributed by atoms with Gasteiger partial charge in [0.1, 0.15) is 0 Å². The molecule has 106 valence electrons. The first-order valence-corrected chi connectivity index (χ1v) is 8.43. The molecule has 0 aliphatic heterocycles. The van der Waals surface area contributed by atoms with Crippen LogP contribution in [0.15, 0.2) is 30.3 Å². The maximum atomic E-state index is 3.79.